The molecule has 6 nitrogen and oxygen atoms in total. The van der Waals surface area contributed by atoms with E-state index in [-0.39, 0.29) is 6.04 Å². The zero-order valence-electron chi connectivity index (χ0n) is 35.2. The Bertz CT molecular complexity index is 3210. The molecule has 0 radical (unpaired) electrons. The van der Waals surface area contributed by atoms with E-state index in [9.17, 15) is 0 Å². The van der Waals surface area contributed by atoms with Gasteiger partial charge in [-0.1, -0.05) is 188 Å². The van der Waals surface area contributed by atoms with E-state index in [1.165, 1.54) is 16.5 Å². The summed E-state index contributed by atoms with van der Waals surface area (Å²) in [4.78, 5) is 7.60. The van der Waals surface area contributed by atoms with Gasteiger partial charge < -0.3 is 25.8 Å². The molecule has 0 spiro atoms. The highest BCUT2D eigenvalue weighted by molar-refractivity contribution is 6.14. The molecule has 2 atom stereocenters. The van der Waals surface area contributed by atoms with Gasteiger partial charge in [0.15, 0.2) is 0 Å². The number of nitrogens with two attached hydrogens (primary N) is 1. The maximum atomic E-state index is 6.85. The van der Waals surface area contributed by atoms with Gasteiger partial charge in [0.1, 0.15) is 12.0 Å². The molecule has 11 rings (SSSR count). The van der Waals surface area contributed by atoms with Gasteiger partial charge in [-0.3, -0.25) is 4.99 Å². The topological polar surface area (TPSA) is 70.6 Å². The van der Waals surface area contributed by atoms with E-state index in [2.05, 4.69) is 214 Å². The van der Waals surface area contributed by atoms with Gasteiger partial charge in [0.05, 0.1) is 35.2 Å². The first-order valence-electron chi connectivity index (χ1n) is 21.9. The van der Waals surface area contributed by atoms with Crippen molar-refractivity contribution in [1.82, 2.24) is 15.2 Å². The Labute approximate surface area is 374 Å². The van der Waals surface area contributed by atoms with E-state index in [1.54, 1.807) is 0 Å². The number of dihydropyridines is 1. The number of fused-ring (bicyclic) bond motifs is 7. The van der Waals surface area contributed by atoms with Gasteiger partial charge >= 0.3 is 0 Å². The van der Waals surface area contributed by atoms with Crippen LogP contribution in [0.2, 0.25) is 0 Å². The van der Waals surface area contributed by atoms with Crippen molar-refractivity contribution in [1.29, 1.82) is 0 Å². The van der Waals surface area contributed by atoms with E-state index >= 15 is 0 Å². The first-order chi connectivity index (χ1) is 31.7. The summed E-state index contributed by atoms with van der Waals surface area (Å²) in [5.41, 5.74) is 23.4. The lowest BCUT2D eigenvalue weighted by atomic mass is 9.97. The van der Waals surface area contributed by atoms with Crippen LogP contribution < -0.4 is 21.3 Å². The molecule has 4 N–H and O–H groups in total. The standard InChI is InChI=1S/C58H46N6/c59-57(43-26-11-4-12-27-43)62-58(60-39-40-20-5-1-6-21-40)44-28-19-29-45(36-44)63-52-33-16-13-30-47(52)55-48-31-14-17-34-53(48)64(56(55)49-32-15-18-35-54(49)63)46-37-50(41-22-7-2-8-23-41)61-51(38-46)42-24-9-3-10-25-42/h1-38,50,57,61H,39,59H2,(H,60,62). The number of rotatable bonds is 9. The highest BCUT2D eigenvalue weighted by Crippen LogP contribution is 2.54. The monoisotopic (exact) mass is 826 g/mol. The number of nitrogens with one attached hydrogen (secondary N) is 2. The maximum absolute atomic E-state index is 6.85. The molecule has 2 unspecified atom stereocenters. The van der Waals surface area contributed by atoms with Crippen LogP contribution in [0.1, 0.15) is 40.0 Å². The second-order valence-corrected chi connectivity index (χ2v) is 16.2. The number of allylic oxidation sites excluding steroid dienone is 2. The van der Waals surface area contributed by atoms with Crippen molar-refractivity contribution in [2.75, 3.05) is 4.90 Å². The van der Waals surface area contributed by atoms with Gasteiger partial charge in [0.25, 0.3) is 0 Å². The molecule has 0 amide bonds. The highest BCUT2D eigenvalue weighted by Gasteiger charge is 2.32. The van der Waals surface area contributed by atoms with E-state index in [1.807, 2.05) is 36.4 Å². The Morgan fingerprint density at radius 1 is 0.625 bits per heavy atom. The molecule has 0 bridgehead atoms. The fourth-order valence-electron chi connectivity index (χ4n) is 9.23. The van der Waals surface area contributed by atoms with E-state index < -0.39 is 6.17 Å². The second-order valence-electron chi connectivity index (χ2n) is 16.2. The summed E-state index contributed by atoms with van der Waals surface area (Å²) in [6.07, 6.45) is 4.23. The molecule has 9 aromatic rings. The number of para-hydroxylation sites is 3. The van der Waals surface area contributed by atoms with Crippen LogP contribution in [0, 0.1) is 0 Å². The van der Waals surface area contributed by atoms with E-state index in [4.69, 9.17) is 10.7 Å². The van der Waals surface area contributed by atoms with Crippen molar-refractivity contribution in [3.8, 4) is 22.4 Å². The minimum atomic E-state index is -0.459. The minimum absolute atomic E-state index is 0.0536. The van der Waals surface area contributed by atoms with Crippen molar-refractivity contribution in [2.45, 2.75) is 18.8 Å². The summed E-state index contributed by atoms with van der Waals surface area (Å²) >= 11 is 0. The van der Waals surface area contributed by atoms with E-state index in [0.29, 0.717) is 6.54 Å². The van der Waals surface area contributed by atoms with Crippen LogP contribution in [0.4, 0.5) is 17.1 Å². The normalized spacial score (nSPS) is 14.9. The predicted octanol–water partition coefficient (Wildman–Crippen LogP) is 13.2. The van der Waals surface area contributed by atoms with Gasteiger partial charge in [-0.15, -0.1) is 0 Å². The van der Waals surface area contributed by atoms with Crippen molar-refractivity contribution >= 4 is 45.2 Å². The lowest BCUT2D eigenvalue weighted by molar-refractivity contribution is 0.679. The minimum Gasteiger partial charge on any atom is -0.374 e. The van der Waals surface area contributed by atoms with Crippen LogP contribution in [-0.4, -0.2) is 10.4 Å². The number of benzene rings is 8. The van der Waals surface area contributed by atoms with Crippen molar-refractivity contribution in [3.05, 3.63) is 258 Å². The summed E-state index contributed by atoms with van der Waals surface area (Å²) in [6, 6.07) is 76.9. The number of nitrogens with zero attached hydrogens (tertiary/aromatic N) is 3. The first kappa shape index (κ1) is 38.7. The van der Waals surface area contributed by atoms with Gasteiger partial charge in [0.2, 0.25) is 0 Å². The zero-order chi connectivity index (χ0) is 42.8. The van der Waals surface area contributed by atoms with Gasteiger partial charge in [0, 0.05) is 44.7 Å². The van der Waals surface area contributed by atoms with Crippen molar-refractivity contribution < 1.29 is 0 Å². The van der Waals surface area contributed by atoms with Gasteiger partial charge in [-0.2, -0.15) is 0 Å². The SMILES string of the molecule is NC(N/C(=N\Cc1ccccc1)c1cccc(N2c3ccccc3-c3c(n(C4=CC(c5ccccc5)NC(c5ccccc5)=C4)c4ccccc34)-c3ccccc32)c1)c1ccccc1. The summed E-state index contributed by atoms with van der Waals surface area (Å²) < 4.78 is 2.49. The average molecular weight is 827 g/mol. The molecular formula is C58H46N6. The Kier molecular flexibility index (Phi) is 10.2. The third kappa shape index (κ3) is 7.26. The Morgan fingerprint density at radius 2 is 1.25 bits per heavy atom. The number of hydrogen-bond acceptors (Lipinski definition) is 4. The fraction of sp³-hybridized carbons (Fsp3) is 0.0517. The maximum Gasteiger partial charge on any atom is 0.130 e. The number of aliphatic imine (C=N–C) groups is 1. The molecule has 3 heterocycles. The van der Waals surface area contributed by atoms with E-state index in [0.717, 1.165) is 78.9 Å². The van der Waals surface area contributed by atoms with Crippen LogP contribution >= 0.6 is 0 Å². The largest absolute Gasteiger partial charge is 0.374 e. The van der Waals surface area contributed by atoms with Crippen LogP contribution in [-0.2, 0) is 6.54 Å². The van der Waals surface area contributed by atoms with Crippen LogP contribution in [0.3, 0.4) is 0 Å². The lowest BCUT2D eigenvalue weighted by Gasteiger charge is -2.29. The number of aromatic nitrogens is 1. The molecule has 0 fully saturated rings. The summed E-state index contributed by atoms with van der Waals surface area (Å²) in [5, 5.41) is 8.66. The quantitative estimate of drug-likeness (QED) is 0.0770. The number of hydrogen-bond donors (Lipinski definition) is 3. The fourth-order valence-corrected chi connectivity index (χ4v) is 9.23. The Hall–Kier alpha value is -8.19. The lowest BCUT2D eigenvalue weighted by Crippen LogP contribution is -2.35. The third-order valence-corrected chi connectivity index (χ3v) is 12.2. The van der Waals surface area contributed by atoms with Gasteiger partial charge in [-0.05, 0) is 64.7 Å². The molecule has 1 aromatic heterocycles. The predicted molar refractivity (Wildman–Crippen MR) is 265 cm³/mol. The molecule has 0 saturated heterocycles. The zero-order valence-corrected chi connectivity index (χ0v) is 35.2. The Morgan fingerprint density at radius 3 is 2.02 bits per heavy atom. The molecule has 64 heavy (non-hydrogen) atoms. The molecular weight excluding hydrogens is 781 g/mol. The molecule has 2 aliphatic heterocycles. The molecule has 0 aliphatic carbocycles. The van der Waals surface area contributed by atoms with Crippen LogP contribution in [0.5, 0.6) is 0 Å². The Balaban J connectivity index is 1.10. The molecule has 8 aromatic carbocycles. The third-order valence-electron chi connectivity index (χ3n) is 12.2. The summed E-state index contributed by atoms with van der Waals surface area (Å²) in [7, 11) is 0. The van der Waals surface area contributed by atoms with Crippen molar-refractivity contribution in [2.24, 2.45) is 10.7 Å². The molecule has 308 valence electrons. The highest BCUT2D eigenvalue weighted by atomic mass is 15.2. The molecule has 2 aliphatic rings. The smallest absolute Gasteiger partial charge is 0.130 e. The summed E-state index contributed by atoms with van der Waals surface area (Å²) in [6.45, 7) is 0.507. The van der Waals surface area contributed by atoms with Crippen LogP contribution in [0.15, 0.2) is 236 Å². The molecule has 0 saturated carbocycles. The van der Waals surface area contributed by atoms with Gasteiger partial charge in [-0.25, -0.2) is 0 Å². The summed E-state index contributed by atoms with van der Waals surface area (Å²) in [5.74, 6) is 0.728. The van der Waals surface area contributed by atoms with Crippen molar-refractivity contribution in [3.63, 3.8) is 0 Å². The second kappa shape index (κ2) is 16.9. The van der Waals surface area contributed by atoms with Crippen LogP contribution in [0.25, 0.3) is 44.7 Å². The first-order valence-corrected chi connectivity index (χ1v) is 21.9. The number of anilines is 3. The number of amidine groups is 1. The molecule has 6 heteroatoms. The average Bonchev–Trinajstić information content (AvgIpc) is 3.65.